The predicted molar refractivity (Wildman–Crippen MR) is 88.4 cm³/mol. The SMILES string of the molecule is C1CCCCC1.CC.CC.CC1CCCCC1.O.[HH]. The normalized spacial score (nSPS) is 18.5. The maximum Gasteiger partial charge on any atom is 0 e. The molecule has 2 saturated carbocycles. The molecule has 116 valence electrons. The van der Waals surface area contributed by atoms with E-state index >= 15 is 0 Å². The third-order valence-electron chi connectivity index (χ3n) is 3.39. The lowest BCUT2D eigenvalue weighted by molar-refractivity contribution is 0.385. The first-order chi connectivity index (χ1) is 8.39. The van der Waals surface area contributed by atoms with Crippen LogP contribution in [0.1, 0.15) is 107 Å². The van der Waals surface area contributed by atoms with E-state index in [-0.39, 0.29) is 6.90 Å². The lowest BCUT2D eigenvalue weighted by Crippen LogP contribution is -1.99. The molecule has 1 heteroatoms. The third kappa shape index (κ3) is 18.3. The van der Waals surface area contributed by atoms with E-state index in [0.29, 0.717) is 0 Å². The summed E-state index contributed by atoms with van der Waals surface area (Å²) >= 11 is 0. The first kappa shape index (κ1) is 23.1. The van der Waals surface area contributed by atoms with Crippen molar-refractivity contribution in [2.24, 2.45) is 5.92 Å². The second kappa shape index (κ2) is 22.2. The summed E-state index contributed by atoms with van der Waals surface area (Å²) in [7, 11) is 0. The Hall–Kier alpha value is -0.0400. The zero-order valence-corrected chi connectivity index (χ0v) is 13.9. The van der Waals surface area contributed by atoms with Gasteiger partial charge >= 0.3 is 0 Å². The van der Waals surface area contributed by atoms with E-state index in [4.69, 9.17) is 0 Å². The number of hydrogen-bond donors (Lipinski definition) is 0. The van der Waals surface area contributed by atoms with Crippen molar-refractivity contribution in [2.75, 3.05) is 0 Å². The molecule has 1 nitrogen and oxygen atoms in total. The highest BCUT2D eigenvalue weighted by atomic mass is 16.0. The molecule has 0 heterocycles. The molecule has 2 fully saturated rings. The fraction of sp³-hybridized carbons (Fsp3) is 1.00. The van der Waals surface area contributed by atoms with E-state index in [0.717, 1.165) is 5.92 Å². The van der Waals surface area contributed by atoms with Gasteiger partial charge in [0, 0.05) is 1.43 Å². The topological polar surface area (TPSA) is 31.5 Å². The molecule has 0 unspecified atom stereocenters. The van der Waals surface area contributed by atoms with Crippen LogP contribution < -0.4 is 0 Å². The Morgan fingerprint density at radius 1 is 0.556 bits per heavy atom. The van der Waals surface area contributed by atoms with Crippen molar-refractivity contribution in [1.29, 1.82) is 0 Å². The Labute approximate surface area is 119 Å². The molecule has 0 spiro atoms. The quantitative estimate of drug-likeness (QED) is 0.483. The molecular weight excluding hydrogens is 220 g/mol. The molecule has 0 saturated heterocycles. The van der Waals surface area contributed by atoms with Crippen LogP contribution in [-0.2, 0) is 0 Å². The van der Waals surface area contributed by atoms with Crippen LogP contribution in [0.2, 0.25) is 0 Å². The average molecular weight is 263 g/mol. The average Bonchev–Trinajstić information content (AvgIpc) is 2.47. The van der Waals surface area contributed by atoms with Crippen LogP contribution in [0.4, 0.5) is 0 Å². The van der Waals surface area contributed by atoms with E-state index in [2.05, 4.69) is 6.92 Å². The van der Waals surface area contributed by atoms with Crippen LogP contribution in [0, 0.1) is 5.92 Å². The van der Waals surface area contributed by atoms with E-state index in [1.54, 1.807) is 0 Å². The minimum atomic E-state index is 0. The molecule has 0 atom stereocenters. The monoisotopic (exact) mass is 262 g/mol. The second-order valence-electron chi connectivity index (χ2n) is 4.86. The van der Waals surface area contributed by atoms with Crippen LogP contribution in [-0.4, -0.2) is 5.48 Å². The number of hydrogen-bond acceptors (Lipinski definition) is 0. The van der Waals surface area contributed by atoms with Gasteiger partial charge in [0.1, 0.15) is 0 Å². The molecule has 0 aromatic rings. The second-order valence-corrected chi connectivity index (χ2v) is 4.86. The molecule has 0 aromatic heterocycles. The van der Waals surface area contributed by atoms with Crippen molar-refractivity contribution < 1.29 is 6.90 Å². The van der Waals surface area contributed by atoms with Gasteiger partial charge in [0.2, 0.25) is 0 Å². The van der Waals surface area contributed by atoms with Gasteiger partial charge in [-0.25, -0.2) is 0 Å². The van der Waals surface area contributed by atoms with E-state index in [1.165, 1.54) is 70.6 Å². The van der Waals surface area contributed by atoms with E-state index in [1.807, 2.05) is 27.7 Å². The van der Waals surface area contributed by atoms with Gasteiger partial charge < -0.3 is 5.48 Å². The van der Waals surface area contributed by atoms with Gasteiger partial charge in [-0.3, -0.25) is 0 Å². The summed E-state index contributed by atoms with van der Waals surface area (Å²) in [5.74, 6) is 1.04. The Kier molecular flexibility index (Phi) is 28.4. The summed E-state index contributed by atoms with van der Waals surface area (Å²) in [5.41, 5.74) is 0. The van der Waals surface area contributed by atoms with Crippen molar-refractivity contribution in [1.82, 2.24) is 0 Å². The molecule has 0 amide bonds. The zero-order valence-electron chi connectivity index (χ0n) is 13.9. The lowest BCUT2D eigenvalue weighted by Gasteiger charge is -2.15. The molecule has 2 aliphatic rings. The van der Waals surface area contributed by atoms with Gasteiger partial charge in [-0.05, 0) is 5.92 Å². The summed E-state index contributed by atoms with van der Waals surface area (Å²) in [4.78, 5) is 0. The van der Waals surface area contributed by atoms with Gasteiger partial charge in [0.25, 0.3) is 0 Å². The minimum Gasteiger partial charge on any atom is -0.412 e. The van der Waals surface area contributed by atoms with Gasteiger partial charge in [0.05, 0.1) is 0 Å². The largest absolute Gasteiger partial charge is 0.412 e. The first-order valence-electron chi connectivity index (χ1n) is 8.39. The molecule has 2 N–H and O–H groups in total. The summed E-state index contributed by atoms with van der Waals surface area (Å²) in [6.45, 7) is 10.4. The van der Waals surface area contributed by atoms with Crippen molar-refractivity contribution >= 4 is 0 Å². The molecular formula is C17H42O. The van der Waals surface area contributed by atoms with Crippen LogP contribution in [0.25, 0.3) is 0 Å². The van der Waals surface area contributed by atoms with Gasteiger partial charge in [-0.15, -0.1) is 0 Å². The van der Waals surface area contributed by atoms with Gasteiger partial charge in [-0.1, -0.05) is 105 Å². The molecule has 0 radical (unpaired) electrons. The van der Waals surface area contributed by atoms with Gasteiger partial charge in [-0.2, -0.15) is 0 Å². The smallest absolute Gasteiger partial charge is 0 e. The van der Waals surface area contributed by atoms with Gasteiger partial charge in [0.15, 0.2) is 0 Å². The molecule has 18 heavy (non-hydrogen) atoms. The Balaban J connectivity index is -0.0000000872. The summed E-state index contributed by atoms with van der Waals surface area (Å²) in [6, 6.07) is 0. The van der Waals surface area contributed by atoms with E-state index < -0.39 is 0 Å². The fourth-order valence-corrected chi connectivity index (χ4v) is 2.37. The minimum absolute atomic E-state index is 0. The zero-order chi connectivity index (χ0) is 13.4. The summed E-state index contributed by atoms with van der Waals surface area (Å²) in [5, 5.41) is 0. The van der Waals surface area contributed by atoms with Crippen molar-refractivity contribution in [2.45, 2.75) is 105 Å². The molecule has 0 aromatic carbocycles. The maximum absolute atomic E-state index is 2.36. The Morgan fingerprint density at radius 3 is 0.944 bits per heavy atom. The summed E-state index contributed by atoms with van der Waals surface area (Å²) < 4.78 is 0. The highest BCUT2D eigenvalue weighted by Gasteiger charge is 2.05. The molecule has 2 rings (SSSR count). The standard InChI is InChI=1S/C7H14.C6H12.2C2H6.H2O.H2/c1-7-5-3-2-4-6-7;1-2-4-6-5-3-1;2*1-2;;/h7H,2-6H2,1H3;1-6H2;2*1-2H3;1H2;1H. The fourth-order valence-electron chi connectivity index (χ4n) is 2.37. The van der Waals surface area contributed by atoms with Crippen molar-refractivity contribution in [3.63, 3.8) is 0 Å². The highest BCUT2D eigenvalue weighted by Crippen LogP contribution is 2.22. The maximum atomic E-state index is 2.36. The lowest BCUT2D eigenvalue weighted by atomic mass is 9.91. The molecule has 0 aliphatic heterocycles. The van der Waals surface area contributed by atoms with Crippen LogP contribution >= 0.6 is 0 Å². The van der Waals surface area contributed by atoms with Crippen molar-refractivity contribution in [3.05, 3.63) is 0 Å². The molecule has 2 aliphatic carbocycles. The Bertz CT molecular complexity index is 96.3. The predicted octanol–water partition coefficient (Wildman–Crippen LogP) is 6.40. The van der Waals surface area contributed by atoms with E-state index in [9.17, 15) is 0 Å². The van der Waals surface area contributed by atoms with Crippen LogP contribution in [0.3, 0.4) is 0 Å². The third-order valence-corrected chi connectivity index (χ3v) is 3.39. The highest BCUT2D eigenvalue weighted by molar-refractivity contribution is 4.59. The summed E-state index contributed by atoms with van der Waals surface area (Å²) in [6.07, 6.45) is 16.4. The van der Waals surface area contributed by atoms with Crippen molar-refractivity contribution in [3.8, 4) is 0 Å². The Morgan fingerprint density at radius 2 is 0.778 bits per heavy atom. The number of rotatable bonds is 0. The first-order valence-corrected chi connectivity index (χ1v) is 8.39. The molecule has 0 bridgehead atoms. The van der Waals surface area contributed by atoms with Crippen LogP contribution in [0.5, 0.6) is 0 Å². The van der Waals surface area contributed by atoms with Crippen LogP contribution in [0.15, 0.2) is 0 Å².